The number of ketones is 1. The number of ether oxygens (including phenoxy) is 1. The molecule has 0 unspecified atom stereocenters. The normalized spacial score (nSPS) is 33.7. The van der Waals surface area contributed by atoms with E-state index < -0.39 is 6.10 Å². The highest BCUT2D eigenvalue weighted by molar-refractivity contribution is 6.04. The lowest BCUT2D eigenvalue weighted by atomic mass is 9.82. The van der Waals surface area contributed by atoms with Crippen LogP contribution in [0.3, 0.4) is 0 Å². The molecule has 2 aliphatic carbocycles. The topological polar surface area (TPSA) is 49.8 Å². The minimum Gasteiger partial charge on any atom is -0.386 e. The number of aliphatic hydroxyl groups excluding tert-OH is 1. The van der Waals surface area contributed by atoms with Gasteiger partial charge >= 0.3 is 0 Å². The van der Waals surface area contributed by atoms with Gasteiger partial charge in [0.05, 0.1) is 0 Å². The molecule has 1 heterocycles. The molecule has 0 amide bonds. The maximum absolute atomic E-state index is 12.1. The second-order valence-electron chi connectivity index (χ2n) is 5.25. The minimum atomic E-state index is -0.611. The molecule has 17 heavy (non-hydrogen) atoms. The molecular weight excluding hydrogens is 216 g/mol. The Morgan fingerprint density at radius 3 is 2.65 bits per heavy atom. The van der Waals surface area contributed by atoms with Gasteiger partial charge in [0.2, 0.25) is 0 Å². The van der Waals surface area contributed by atoms with Gasteiger partial charge in [-0.2, -0.15) is 0 Å². The molecule has 0 spiro atoms. The van der Waals surface area contributed by atoms with E-state index in [1.54, 1.807) is 0 Å². The molecule has 1 N–H and O–H groups in total. The van der Waals surface area contributed by atoms with Gasteiger partial charge in [-0.15, -0.1) is 0 Å². The van der Waals surface area contributed by atoms with Crippen molar-refractivity contribution in [3.63, 3.8) is 0 Å². The highest BCUT2D eigenvalue weighted by Gasteiger charge is 2.54. The van der Waals surface area contributed by atoms with Gasteiger partial charge in [-0.25, -0.2) is 0 Å². The number of aryl methyl sites for hydroxylation is 2. The summed E-state index contributed by atoms with van der Waals surface area (Å²) in [7, 11) is 0. The molecule has 3 heteroatoms. The number of hydrogen-bond donors (Lipinski definition) is 1. The zero-order chi connectivity index (χ0) is 11.6. The first-order valence-corrected chi connectivity index (χ1v) is 6.29. The number of hydrogen-bond acceptors (Lipinski definition) is 3. The Bertz CT molecular complexity index is 520. The van der Waals surface area contributed by atoms with E-state index in [1.165, 1.54) is 24.0 Å². The molecule has 0 bridgehead atoms. The number of carbonyl (C=O) groups excluding carboxylic acids is 1. The first-order valence-electron chi connectivity index (χ1n) is 6.29. The average molecular weight is 230 g/mol. The predicted molar refractivity (Wildman–Crippen MR) is 61.0 cm³/mol. The fourth-order valence-corrected chi connectivity index (χ4v) is 3.17. The molecule has 3 atom stereocenters. The number of aliphatic hydroxyl groups is 1. The minimum absolute atomic E-state index is 0.0590. The zero-order valence-electron chi connectivity index (χ0n) is 9.48. The molecule has 3 aliphatic rings. The molecule has 88 valence electrons. The summed E-state index contributed by atoms with van der Waals surface area (Å²) in [4.78, 5) is 12.1. The van der Waals surface area contributed by atoms with Gasteiger partial charge in [-0.3, -0.25) is 4.79 Å². The third kappa shape index (κ3) is 1.27. The average Bonchev–Trinajstić information content (AvgIpc) is 3.15. The van der Waals surface area contributed by atoms with Gasteiger partial charge < -0.3 is 9.84 Å². The SMILES string of the molecule is O=C1c2cc3c(cc2[C@H](O)[C@@H]2O[C@H]12)CCCC3. The fraction of sp³-hybridized carbons (Fsp3) is 0.500. The van der Waals surface area contributed by atoms with Crippen molar-refractivity contribution in [2.75, 3.05) is 0 Å². The summed E-state index contributed by atoms with van der Waals surface area (Å²) in [5, 5.41) is 10.1. The Kier molecular flexibility index (Phi) is 1.83. The van der Waals surface area contributed by atoms with Crippen LogP contribution in [-0.4, -0.2) is 23.1 Å². The van der Waals surface area contributed by atoms with E-state index in [0.717, 1.165) is 18.4 Å². The largest absolute Gasteiger partial charge is 0.386 e. The van der Waals surface area contributed by atoms with E-state index in [1.807, 2.05) is 12.1 Å². The monoisotopic (exact) mass is 230 g/mol. The summed E-state index contributed by atoms with van der Waals surface area (Å²) in [5.41, 5.74) is 4.07. The van der Waals surface area contributed by atoms with Crippen molar-refractivity contribution in [2.45, 2.75) is 44.0 Å². The zero-order valence-corrected chi connectivity index (χ0v) is 9.48. The highest BCUT2D eigenvalue weighted by Crippen LogP contribution is 2.44. The Morgan fingerprint density at radius 2 is 1.88 bits per heavy atom. The van der Waals surface area contributed by atoms with Gasteiger partial charge in [0.1, 0.15) is 18.3 Å². The van der Waals surface area contributed by atoms with Crippen LogP contribution in [0.5, 0.6) is 0 Å². The second kappa shape index (κ2) is 3.18. The number of fused-ring (bicyclic) bond motifs is 3. The maximum Gasteiger partial charge on any atom is 0.194 e. The Balaban J connectivity index is 1.90. The van der Waals surface area contributed by atoms with Crippen LogP contribution in [0.2, 0.25) is 0 Å². The highest BCUT2D eigenvalue weighted by atomic mass is 16.6. The lowest BCUT2D eigenvalue weighted by molar-refractivity contribution is 0.0941. The van der Waals surface area contributed by atoms with Gasteiger partial charge in [0.25, 0.3) is 0 Å². The van der Waals surface area contributed by atoms with Crippen molar-refractivity contribution in [3.8, 4) is 0 Å². The molecule has 0 saturated carbocycles. The molecule has 1 saturated heterocycles. The Labute approximate surface area is 99.4 Å². The number of epoxide rings is 1. The summed E-state index contributed by atoms with van der Waals surface area (Å²) in [6.07, 6.45) is 3.26. The van der Waals surface area contributed by atoms with Crippen molar-refractivity contribution in [2.24, 2.45) is 0 Å². The van der Waals surface area contributed by atoms with Crippen molar-refractivity contribution in [1.82, 2.24) is 0 Å². The number of carbonyl (C=O) groups is 1. The second-order valence-corrected chi connectivity index (χ2v) is 5.25. The van der Waals surface area contributed by atoms with E-state index in [4.69, 9.17) is 4.74 Å². The van der Waals surface area contributed by atoms with Crippen molar-refractivity contribution >= 4 is 5.78 Å². The van der Waals surface area contributed by atoms with E-state index in [2.05, 4.69) is 0 Å². The quantitative estimate of drug-likeness (QED) is 0.688. The van der Waals surface area contributed by atoms with Crippen LogP contribution in [0.4, 0.5) is 0 Å². The summed E-state index contributed by atoms with van der Waals surface area (Å²) in [6.45, 7) is 0. The lowest BCUT2D eigenvalue weighted by Crippen LogP contribution is -2.25. The summed E-state index contributed by atoms with van der Waals surface area (Å²) >= 11 is 0. The molecule has 0 aromatic heterocycles. The third-order valence-electron chi connectivity index (χ3n) is 4.19. The molecule has 4 rings (SSSR count). The van der Waals surface area contributed by atoms with Crippen LogP contribution in [0.1, 0.15) is 46.0 Å². The van der Waals surface area contributed by atoms with E-state index in [0.29, 0.717) is 5.56 Å². The van der Waals surface area contributed by atoms with Crippen molar-refractivity contribution < 1.29 is 14.6 Å². The summed E-state index contributed by atoms with van der Waals surface area (Å²) in [6, 6.07) is 4.03. The Hall–Kier alpha value is -1.19. The first kappa shape index (κ1) is 9.80. The standard InChI is InChI=1S/C14H14O3/c15-11-9-5-7-3-1-2-4-8(7)6-10(9)12(16)14-13(11)17-14/h5-6,11,13-15H,1-4H2/t11-,13-,14+/m0/s1. The van der Waals surface area contributed by atoms with Gasteiger partial charge in [0.15, 0.2) is 5.78 Å². The van der Waals surface area contributed by atoms with Crippen molar-refractivity contribution in [3.05, 3.63) is 34.4 Å². The molecule has 1 fully saturated rings. The van der Waals surface area contributed by atoms with Crippen molar-refractivity contribution in [1.29, 1.82) is 0 Å². The van der Waals surface area contributed by atoms with Crippen LogP contribution in [0.25, 0.3) is 0 Å². The van der Waals surface area contributed by atoms with Crippen LogP contribution in [0.15, 0.2) is 12.1 Å². The van der Waals surface area contributed by atoms with E-state index in [9.17, 15) is 9.90 Å². The molecule has 3 nitrogen and oxygen atoms in total. The van der Waals surface area contributed by atoms with Gasteiger partial charge in [0, 0.05) is 5.56 Å². The fourth-order valence-electron chi connectivity index (χ4n) is 3.17. The third-order valence-corrected chi connectivity index (χ3v) is 4.19. The molecule has 1 aromatic rings. The summed E-state index contributed by atoms with van der Waals surface area (Å²) in [5.74, 6) is 0.0590. The molecule has 0 radical (unpaired) electrons. The van der Waals surface area contributed by atoms with E-state index in [-0.39, 0.29) is 18.0 Å². The van der Waals surface area contributed by atoms with E-state index >= 15 is 0 Å². The number of rotatable bonds is 0. The maximum atomic E-state index is 12.1. The van der Waals surface area contributed by atoms with Crippen LogP contribution < -0.4 is 0 Å². The van der Waals surface area contributed by atoms with Crippen LogP contribution in [-0.2, 0) is 17.6 Å². The van der Waals surface area contributed by atoms with Gasteiger partial charge in [-0.05, 0) is 48.4 Å². The lowest BCUT2D eigenvalue weighted by Gasteiger charge is -2.23. The first-order chi connectivity index (χ1) is 8.25. The smallest absolute Gasteiger partial charge is 0.194 e. The van der Waals surface area contributed by atoms with Crippen LogP contribution in [0, 0.1) is 0 Å². The molecule has 1 aromatic carbocycles. The molecular formula is C14H14O3. The van der Waals surface area contributed by atoms with Gasteiger partial charge in [-0.1, -0.05) is 6.07 Å². The number of Topliss-reactive ketones (excluding diaryl/α,β-unsaturated/α-hetero) is 1. The number of benzene rings is 1. The molecule has 1 aliphatic heterocycles. The summed E-state index contributed by atoms with van der Waals surface area (Å²) < 4.78 is 5.25. The predicted octanol–water partition coefficient (Wildman–Crippen LogP) is 1.56. The van der Waals surface area contributed by atoms with Crippen LogP contribution >= 0.6 is 0 Å². The Morgan fingerprint density at radius 1 is 1.18 bits per heavy atom.